The lowest BCUT2D eigenvalue weighted by atomic mass is 10.00. The van der Waals surface area contributed by atoms with Gasteiger partial charge in [0.2, 0.25) is 0 Å². The normalized spacial score (nSPS) is 10.8. The molecule has 150 valence electrons. The third-order valence-corrected chi connectivity index (χ3v) is 4.27. The van der Waals surface area contributed by atoms with Crippen molar-refractivity contribution in [2.45, 2.75) is 19.8 Å². The van der Waals surface area contributed by atoms with E-state index in [1.165, 1.54) is 6.07 Å². The highest BCUT2D eigenvalue weighted by molar-refractivity contribution is 5.92. The first kappa shape index (κ1) is 20.5. The van der Waals surface area contributed by atoms with Crippen LogP contribution in [-0.4, -0.2) is 5.97 Å². The van der Waals surface area contributed by atoms with Gasteiger partial charge in [0.15, 0.2) is 29.1 Å². The minimum absolute atomic E-state index is 0.0547. The first-order valence-corrected chi connectivity index (χ1v) is 8.75. The predicted octanol–water partition coefficient (Wildman–Crippen LogP) is 6.22. The zero-order chi connectivity index (χ0) is 21.1. The molecule has 7 heteroatoms. The summed E-state index contributed by atoms with van der Waals surface area (Å²) in [7, 11) is 0. The number of halogens is 5. The minimum atomic E-state index is -1.74. The maximum absolute atomic E-state index is 14.5. The van der Waals surface area contributed by atoms with Crippen LogP contribution in [0.1, 0.15) is 29.3 Å². The molecule has 0 aliphatic heterocycles. The molecule has 0 aromatic heterocycles. The predicted molar refractivity (Wildman–Crippen MR) is 97.1 cm³/mol. The van der Waals surface area contributed by atoms with Gasteiger partial charge in [0.25, 0.3) is 0 Å². The molecule has 3 aromatic rings. The van der Waals surface area contributed by atoms with Gasteiger partial charge in [0.05, 0.1) is 5.56 Å². The van der Waals surface area contributed by atoms with E-state index in [-0.39, 0.29) is 5.56 Å². The van der Waals surface area contributed by atoms with Crippen molar-refractivity contribution >= 4 is 5.97 Å². The average Bonchev–Trinajstić information content (AvgIpc) is 2.69. The van der Waals surface area contributed by atoms with Crippen molar-refractivity contribution in [3.8, 4) is 16.9 Å². The van der Waals surface area contributed by atoms with Gasteiger partial charge in [-0.25, -0.2) is 26.7 Å². The maximum Gasteiger partial charge on any atom is 0.346 e. The van der Waals surface area contributed by atoms with E-state index in [1.807, 2.05) is 6.92 Å². The molecule has 2 nitrogen and oxygen atoms in total. The Morgan fingerprint density at radius 2 is 1.45 bits per heavy atom. The highest BCUT2D eigenvalue weighted by atomic mass is 19.2. The lowest BCUT2D eigenvalue weighted by Gasteiger charge is -2.10. The van der Waals surface area contributed by atoms with Crippen LogP contribution in [0.3, 0.4) is 0 Å². The highest BCUT2D eigenvalue weighted by Crippen LogP contribution is 2.28. The molecule has 0 saturated carbocycles. The number of aryl methyl sites for hydroxylation is 1. The van der Waals surface area contributed by atoms with Crippen molar-refractivity contribution in [2.75, 3.05) is 0 Å². The van der Waals surface area contributed by atoms with Crippen molar-refractivity contribution in [2.24, 2.45) is 0 Å². The van der Waals surface area contributed by atoms with Gasteiger partial charge in [-0.05, 0) is 23.6 Å². The first-order chi connectivity index (χ1) is 13.8. The highest BCUT2D eigenvalue weighted by Gasteiger charge is 2.22. The third kappa shape index (κ3) is 4.29. The summed E-state index contributed by atoms with van der Waals surface area (Å²) in [6, 6.07) is 9.96. The van der Waals surface area contributed by atoms with Crippen molar-refractivity contribution < 1.29 is 31.5 Å². The molecule has 0 saturated heterocycles. The number of rotatable bonds is 5. The number of hydrogen-bond donors (Lipinski definition) is 0. The lowest BCUT2D eigenvalue weighted by molar-refractivity contribution is 0.0727. The van der Waals surface area contributed by atoms with Gasteiger partial charge in [0.1, 0.15) is 5.75 Å². The molecule has 3 aromatic carbocycles. The monoisotopic (exact) mass is 406 g/mol. The van der Waals surface area contributed by atoms with Crippen LogP contribution in [0.4, 0.5) is 22.0 Å². The zero-order valence-corrected chi connectivity index (χ0v) is 15.2. The first-order valence-electron chi connectivity index (χ1n) is 8.75. The fourth-order valence-corrected chi connectivity index (χ4v) is 2.82. The van der Waals surface area contributed by atoms with Gasteiger partial charge >= 0.3 is 5.97 Å². The zero-order valence-electron chi connectivity index (χ0n) is 15.2. The molecule has 0 N–H and O–H groups in total. The molecule has 0 fully saturated rings. The van der Waals surface area contributed by atoms with Gasteiger partial charge in [-0.2, -0.15) is 0 Å². The molecule has 0 aliphatic carbocycles. The molecule has 0 atom stereocenters. The third-order valence-electron chi connectivity index (χ3n) is 4.27. The SMILES string of the molecule is CCCc1ccc(-c2ccc(C(=O)Oc3cc(F)c(F)c(F)c3)c(F)c2F)cc1. The van der Waals surface area contributed by atoms with Gasteiger partial charge in [0, 0.05) is 17.7 Å². The molecule has 0 bridgehead atoms. The fourth-order valence-electron chi connectivity index (χ4n) is 2.82. The van der Waals surface area contributed by atoms with Crippen LogP contribution < -0.4 is 4.74 Å². The number of esters is 1. The number of carbonyl (C=O) groups excluding carboxylic acids is 1. The Morgan fingerprint density at radius 1 is 0.828 bits per heavy atom. The summed E-state index contributed by atoms with van der Waals surface area (Å²) < 4.78 is 73.0. The van der Waals surface area contributed by atoms with Gasteiger partial charge in [-0.15, -0.1) is 0 Å². The van der Waals surface area contributed by atoms with E-state index in [1.54, 1.807) is 24.3 Å². The Labute approximate surface area is 163 Å². The van der Waals surface area contributed by atoms with E-state index in [9.17, 15) is 26.7 Å². The van der Waals surface area contributed by atoms with Crippen LogP contribution in [0.25, 0.3) is 11.1 Å². The van der Waals surface area contributed by atoms with Crippen LogP contribution >= 0.6 is 0 Å². The van der Waals surface area contributed by atoms with E-state index < -0.39 is 46.4 Å². The Morgan fingerprint density at radius 3 is 2.03 bits per heavy atom. The Balaban J connectivity index is 1.88. The molecule has 0 aliphatic rings. The van der Waals surface area contributed by atoms with E-state index in [0.29, 0.717) is 17.7 Å². The topological polar surface area (TPSA) is 26.3 Å². The van der Waals surface area contributed by atoms with Crippen molar-refractivity contribution in [3.05, 3.63) is 88.7 Å². The van der Waals surface area contributed by atoms with Crippen LogP contribution in [0.5, 0.6) is 5.75 Å². The fraction of sp³-hybridized carbons (Fsp3) is 0.136. The molecule has 0 heterocycles. The minimum Gasteiger partial charge on any atom is -0.423 e. The molecule has 0 unspecified atom stereocenters. The summed E-state index contributed by atoms with van der Waals surface area (Å²) in [5.41, 5.74) is 0.653. The number of benzene rings is 3. The standard InChI is InChI=1S/C22H15F5O2/c1-2-3-12-4-6-13(7-5-12)15-8-9-16(20(26)19(15)25)22(28)29-14-10-17(23)21(27)18(24)11-14/h4-11H,2-3H2,1H3. The molecule has 0 radical (unpaired) electrons. The van der Waals surface area contributed by atoms with E-state index in [0.717, 1.165) is 24.5 Å². The second kappa shape index (κ2) is 8.43. The van der Waals surface area contributed by atoms with E-state index in [4.69, 9.17) is 0 Å². The summed E-state index contributed by atoms with van der Waals surface area (Å²) in [5, 5.41) is 0. The molecule has 0 amide bonds. The quantitative estimate of drug-likeness (QED) is 0.218. The summed E-state index contributed by atoms with van der Waals surface area (Å²) in [4.78, 5) is 12.1. The maximum atomic E-state index is 14.5. The number of ether oxygens (including phenoxy) is 1. The molecular formula is C22H15F5O2. The van der Waals surface area contributed by atoms with Gasteiger partial charge in [-0.1, -0.05) is 43.7 Å². The largest absolute Gasteiger partial charge is 0.423 e. The van der Waals surface area contributed by atoms with Crippen molar-refractivity contribution in [1.29, 1.82) is 0 Å². The Hall–Kier alpha value is -3.22. The van der Waals surface area contributed by atoms with Crippen molar-refractivity contribution in [1.82, 2.24) is 0 Å². The smallest absolute Gasteiger partial charge is 0.346 e. The molecule has 29 heavy (non-hydrogen) atoms. The average molecular weight is 406 g/mol. The summed E-state index contributed by atoms with van der Waals surface area (Å²) in [5.74, 6) is -9.69. The lowest BCUT2D eigenvalue weighted by Crippen LogP contribution is -2.13. The molecular weight excluding hydrogens is 391 g/mol. The van der Waals surface area contributed by atoms with Gasteiger partial charge in [-0.3, -0.25) is 0 Å². The van der Waals surface area contributed by atoms with E-state index >= 15 is 0 Å². The summed E-state index contributed by atoms with van der Waals surface area (Å²) >= 11 is 0. The second-order valence-electron chi connectivity index (χ2n) is 6.33. The van der Waals surface area contributed by atoms with E-state index in [2.05, 4.69) is 4.74 Å². The van der Waals surface area contributed by atoms with Gasteiger partial charge < -0.3 is 4.74 Å². The van der Waals surface area contributed by atoms with Crippen LogP contribution in [0, 0.1) is 29.1 Å². The number of hydrogen-bond acceptors (Lipinski definition) is 2. The van der Waals surface area contributed by atoms with Crippen LogP contribution in [0.2, 0.25) is 0 Å². The Kier molecular flexibility index (Phi) is 5.96. The molecule has 0 spiro atoms. The second-order valence-corrected chi connectivity index (χ2v) is 6.33. The van der Waals surface area contributed by atoms with Crippen LogP contribution in [-0.2, 0) is 6.42 Å². The summed E-state index contributed by atoms with van der Waals surface area (Å²) in [6.45, 7) is 2.02. The summed E-state index contributed by atoms with van der Waals surface area (Å²) in [6.07, 6.45) is 1.80. The van der Waals surface area contributed by atoms with Crippen molar-refractivity contribution in [3.63, 3.8) is 0 Å². The van der Waals surface area contributed by atoms with Crippen LogP contribution in [0.15, 0.2) is 48.5 Å². The number of carbonyl (C=O) groups is 1. The molecule has 3 rings (SSSR count). The Bertz CT molecular complexity index is 1040.